The van der Waals surface area contributed by atoms with Gasteiger partial charge in [-0.25, -0.2) is 0 Å². The SMILES string of the molecule is CCCCNC1C[N+]2CCC1CC2. The summed E-state index contributed by atoms with van der Waals surface area (Å²) in [4.78, 5) is 2.61. The highest BCUT2D eigenvalue weighted by molar-refractivity contribution is 4.93. The molecule has 13 heavy (non-hydrogen) atoms. The largest absolute Gasteiger partial charge is 0.309 e. The molecule has 2 nitrogen and oxygen atoms in total. The number of hydrogen-bond acceptors (Lipinski definition) is 2. The number of nitrogens with zero attached hydrogens (tertiary/aromatic N) is 1. The van der Waals surface area contributed by atoms with Crippen LogP contribution < -0.4 is 10.2 Å². The van der Waals surface area contributed by atoms with Crippen LogP contribution in [0.2, 0.25) is 0 Å². The summed E-state index contributed by atoms with van der Waals surface area (Å²) in [6, 6.07) is 0.814. The van der Waals surface area contributed by atoms with Crippen LogP contribution in [0.25, 0.3) is 0 Å². The minimum absolute atomic E-state index is 0.814. The van der Waals surface area contributed by atoms with E-state index in [0.29, 0.717) is 0 Å². The van der Waals surface area contributed by atoms with Crippen molar-refractivity contribution in [2.75, 3.05) is 26.2 Å². The lowest BCUT2D eigenvalue weighted by atomic mass is 9.84. The fourth-order valence-electron chi connectivity index (χ4n) is 2.66. The van der Waals surface area contributed by atoms with Crippen LogP contribution in [-0.2, 0) is 0 Å². The molecule has 0 aliphatic carbocycles. The third-order valence-corrected chi connectivity index (χ3v) is 3.59. The Bertz CT molecular complexity index is 150. The molecule has 1 unspecified atom stereocenters. The van der Waals surface area contributed by atoms with Gasteiger partial charge in [-0.1, -0.05) is 13.3 Å². The zero-order valence-electron chi connectivity index (χ0n) is 8.76. The van der Waals surface area contributed by atoms with Crippen LogP contribution in [-0.4, -0.2) is 32.2 Å². The highest BCUT2D eigenvalue weighted by Gasteiger charge is 2.40. The second kappa shape index (κ2) is 4.43. The Morgan fingerprint density at radius 3 is 2.62 bits per heavy atom. The standard InChI is InChI=1S/C11H22N2/c1-2-3-6-12-11-9-13-7-4-10(11)5-8-13/h10-12H,2-9H2,1H3/q+1. The minimum atomic E-state index is 0.814. The molecule has 0 spiro atoms. The first kappa shape index (κ1) is 9.47. The number of piperidine rings is 3. The first-order valence-electron chi connectivity index (χ1n) is 5.86. The van der Waals surface area contributed by atoms with Gasteiger partial charge in [0.2, 0.25) is 0 Å². The lowest BCUT2D eigenvalue weighted by Gasteiger charge is -2.38. The van der Waals surface area contributed by atoms with Crippen molar-refractivity contribution in [2.24, 2.45) is 5.92 Å². The van der Waals surface area contributed by atoms with Gasteiger partial charge in [0, 0.05) is 12.8 Å². The van der Waals surface area contributed by atoms with Crippen molar-refractivity contribution in [1.82, 2.24) is 10.2 Å². The first-order valence-corrected chi connectivity index (χ1v) is 5.86. The molecule has 1 atom stereocenters. The molecule has 0 aromatic carbocycles. The third-order valence-electron chi connectivity index (χ3n) is 3.59. The van der Waals surface area contributed by atoms with Crippen molar-refractivity contribution >= 4 is 0 Å². The molecule has 1 radical (unpaired) electrons. The molecule has 2 bridgehead atoms. The fourth-order valence-corrected chi connectivity index (χ4v) is 2.66. The Morgan fingerprint density at radius 2 is 2.08 bits per heavy atom. The second-order valence-electron chi connectivity index (χ2n) is 4.55. The molecule has 0 amide bonds. The lowest BCUT2D eigenvalue weighted by Crippen LogP contribution is -2.58. The van der Waals surface area contributed by atoms with Crippen LogP contribution in [0.1, 0.15) is 32.6 Å². The normalized spacial score (nSPS) is 38.1. The average molecular weight is 182 g/mol. The van der Waals surface area contributed by atoms with Gasteiger partial charge >= 0.3 is 0 Å². The number of nitrogens with one attached hydrogen (secondary N) is 1. The monoisotopic (exact) mass is 182 g/mol. The van der Waals surface area contributed by atoms with E-state index in [1.54, 1.807) is 0 Å². The maximum Gasteiger partial charge on any atom is 0.138 e. The first-order chi connectivity index (χ1) is 6.40. The Hall–Kier alpha value is -0.0800. The summed E-state index contributed by atoms with van der Waals surface area (Å²) in [7, 11) is 0. The predicted octanol–water partition coefficient (Wildman–Crippen LogP) is 1.31. The topological polar surface area (TPSA) is 17.9 Å². The molecule has 3 fully saturated rings. The zero-order valence-corrected chi connectivity index (χ0v) is 8.76. The summed E-state index contributed by atoms with van der Waals surface area (Å²) < 4.78 is 0. The van der Waals surface area contributed by atoms with Gasteiger partial charge in [-0.05, 0) is 18.9 Å². The van der Waals surface area contributed by atoms with Gasteiger partial charge in [0.15, 0.2) is 0 Å². The predicted molar refractivity (Wildman–Crippen MR) is 56.2 cm³/mol. The third kappa shape index (κ3) is 2.23. The maximum absolute atomic E-state index is 3.71. The van der Waals surface area contributed by atoms with E-state index in [2.05, 4.69) is 17.1 Å². The molecule has 3 saturated heterocycles. The average Bonchev–Trinajstić information content (AvgIpc) is 2.20. The summed E-state index contributed by atoms with van der Waals surface area (Å²) in [6.45, 7) is 7.52. The van der Waals surface area contributed by atoms with E-state index < -0.39 is 0 Å². The molecule has 0 saturated carbocycles. The highest BCUT2D eigenvalue weighted by Crippen LogP contribution is 2.25. The maximum atomic E-state index is 3.71. The fraction of sp³-hybridized carbons (Fsp3) is 1.00. The van der Waals surface area contributed by atoms with Crippen LogP contribution in [0, 0.1) is 5.92 Å². The lowest BCUT2D eigenvalue weighted by molar-refractivity contribution is 0.139. The summed E-state index contributed by atoms with van der Waals surface area (Å²) in [6.07, 6.45) is 5.52. The molecule has 3 aliphatic heterocycles. The quantitative estimate of drug-likeness (QED) is 0.513. The van der Waals surface area contributed by atoms with E-state index in [-0.39, 0.29) is 0 Å². The summed E-state index contributed by atoms with van der Waals surface area (Å²) in [5.41, 5.74) is 0. The molecular formula is C11H22N2+. The molecule has 2 heteroatoms. The number of hydrogen-bond donors (Lipinski definition) is 1. The van der Waals surface area contributed by atoms with Crippen molar-refractivity contribution in [3.05, 3.63) is 0 Å². The van der Waals surface area contributed by atoms with E-state index >= 15 is 0 Å². The van der Waals surface area contributed by atoms with E-state index in [0.717, 1.165) is 12.0 Å². The molecular weight excluding hydrogens is 160 g/mol. The van der Waals surface area contributed by atoms with E-state index in [9.17, 15) is 0 Å². The van der Waals surface area contributed by atoms with Crippen LogP contribution in [0.3, 0.4) is 0 Å². The minimum Gasteiger partial charge on any atom is -0.309 e. The second-order valence-corrected chi connectivity index (χ2v) is 4.55. The van der Waals surface area contributed by atoms with E-state index in [4.69, 9.17) is 0 Å². The summed E-state index contributed by atoms with van der Waals surface area (Å²) in [5, 5.41) is 3.71. The highest BCUT2D eigenvalue weighted by atomic mass is 15.2. The summed E-state index contributed by atoms with van der Waals surface area (Å²) >= 11 is 0. The zero-order chi connectivity index (χ0) is 9.10. The van der Waals surface area contributed by atoms with Gasteiger partial charge in [-0.3, -0.25) is 0 Å². The molecule has 3 heterocycles. The van der Waals surface area contributed by atoms with E-state index in [1.165, 1.54) is 51.9 Å². The Morgan fingerprint density at radius 1 is 1.31 bits per heavy atom. The molecule has 0 aromatic rings. The Labute approximate surface area is 81.7 Å². The number of unbranched alkanes of at least 4 members (excludes halogenated alkanes) is 1. The number of fused-ring (bicyclic) bond motifs is 3. The number of rotatable bonds is 4. The summed E-state index contributed by atoms with van der Waals surface area (Å²) in [5.74, 6) is 0.988. The van der Waals surface area contributed by atoms with Gasteiger partial charge in [0.25, 0.3) is 0 Å². The van der Waals surface area contributed by atoms with Gasteiger partial charge in [-0.2, -0.15) is 4.90 Å². The smallest absolute Gasteiger partial charge is 0.138 e. The Balaban J connectivity index is 1.74. The van der Waals surface area contributed by atoms with Crippen molar-refractivity contribution < 1.29 is 0 Å². The molecule has 3 rings (SSSR count). The molecule has 3 aliphatic rings. The van der Waals surface area contributed by atoms with Crippen LogP contribution in [0.4, 0.5) is 0 Å². The molecule has 0 aromatic heterocycles. The van der Waals surface area contributed by atoms with Crippen molar-refractivity contribution in [3.8, 4) is 0 Å². The van der Waals surface area contributed by atoms with Gasteiger partial charge in [0.1, 0.15) is 19.6 Å². The van der Waals surface area contributed by atoms with Crippen LogP contribution in [0.5, 0.6) is 0 Å². The van der Waals surface area contributed by atoms with Crippen molar-refractivity contribution in [3.63, 3.8) is 0 Å². The molecule has 75 valence electrons. The van der Waals surface area contributed by atoms with Crippen LogP contribution >= 0.6 is 0 Å². The molecule has 1 N–H and O–H groups in total. The van der Waals surface area contributed by atoms with Gasteiger partial charge in [-0.15, -0.1) is 0 Å². The van der Waals surface area contributed by atoms with E-state index in [1.807, 2.05) is 0 Å². The van der Waals surface area contributed by atoms with Crippen LogP contribution in [0.15, 0.2) is 0 Å². The van der Waals surface area contributed by atoms with Crippen molar-refractivity contribution in [2.45, 2.75) is 38.6 Å². The Kier molecular flexibility index (Phi) is 3.23. The van der Waals surface area contributed by atoms with Gasteiger partial charge < -0.3 is 5.32 Å². The van der Waals surface area contributed by atoms with Gasteiger partial charge in [0.05, 0.1) is 6.04 Å². The van der Waals surface area contributed by atoms with Crippen molar-refractivity contribution in [1.29, 1.82) is 0 Å².